The van der Waals surface area contributed by atoms with Gasteiger partial charge in [0.2, 0.25) is 0 Å². The molecule has 0 saturated carbocycles. The van der Waals surface area contributed by atoms with E-state index in [0.29, 0.717) is 6.42 Å². The molecule has 0 aliphatic heterocycles. The fourth-order valence-corrected chi connectivity index (χ4v) is 1.96. The van der Waals surface area contributed by atoms with E-state index in [4.69, 9.17) is 0 Å². The van der Waals surface area contributed by atoms with Gasteiger partial charge >= 0.3 is 5.51 Å². The highest BCUT2D eigenvalue weighted by atomic mass is 32.2. The topological polar surface area (TPSA) is 9.23 Å². The monoisotopic (exact) mass is 272 g/mol. The fraction of sp³-hybridized carbons (Fsp3) is 0.231. The van der Waals surface area contributed by atoms with Gasteiger partial charge in [-0.3, -0.25) is 0 Å². The van der Waals surface area contributed by atoms with Crippen molar-refractivity contribution in [2.45, 2.75) is 11.9 Å². The SMILES string of the molecule is FC(F)(F)SOCCc1ccc2ccccc2c1. The molecule has 0 fully saturated rings. The molecular weight excluding hydrogens is 261 g/mol. The molecule has 0 aliphatic rings. The van der Waals surface area contributed by atoms with E-state index in [1.807, 2.05) is 42.5 Å². The summed E-state index contributed by atoms with van der Waals surface area (Å²) in [5.74, 6) is 0. The quantitative estimate of drug-likeness (QED) is 0.595. The van der Waals surface area contributed by atoms with E-state index in [0.717, 1.165) is 16.3 Å². The molecule has 0 saturated heterocycles. The lowest BCUT2D eigenvalue weighted by Crippen LogP contribution is -2.03. The Morgan fingerprint density at radius 1 is 1.00 bits per heavy atom. The first-order chi connectivity index (χ1) is 8.54. The third-order valence-corrected chi connectivity index (χ3v) is 2.91. The van der Waals surface area contributed by atoms with Crippen LogP contribution in [0, 0.1) is 0 Å². The highest BCUT2D eigenvalue weighted by Crippen LogP contribution is 2.30. The second-order valence-electron chi connectivity index (χ2n) is 3.78. The maximum absolute atomic E-state index is 11.8. The summed E-state index contributed by atoms with van der Waals surface area (Å²) < 4.78 is 40.0. The molecular formula is C13H11F3OS. The minimum absolute atomic E-state index is 0.0442. The van der Waals surface area contributed by atoms with Crippen LogP contribution in [-0.2, 0) is 10.6 Å². The predicted molar refractivity (Wildman–Crippen MR) is 67.3 cm³/mol. The van der Waals surface area contributed by atoms with Crippen LogP contribution in [0.15, 0.2) is 42.5 Å². The normalized spacial score (nSPS) is 11.9. The van der Waals surface area contributed by atoms with Crippen molar-refractivity contribution < 1.29 is 17.4 Å². The summed E-state index contributed by atoms with van der Waals surface area (Å²) in [6.45, 7) is 0.0442. The van der Waals surface area contributed by atoms with E-state index in [1.165, 1.54) is 0 Å². The van der Waals surface area contributed by atoms with Crippen molar-refractivity contribution >= 4 is 22.8 Å². The number of fused-ring (bicyclic) bond motifs is 1. The molecule has 5 heteroatoms. The summed E-state index contributed by atoms with van der Waals surface area (Å²) in [4.78, 5) is 0. The average molecular weight is 272 g/mol. The Labute approximate surface area is 107 Å². The molecule has 0 atom stereocenters. The van der Waals surface area contributed by atoms with Gasteiger partial charge in [-0.2, -0.15) is 13.2 Å². The predicted octanol–water partition coefficient (Wildman–Crippen LogP) is 4.57. The molecule has 2 rings (SSSR count). The minimum Gasteiger partial charge on any atom is -0.308 e. The van der Waals surface area contributed by atoms with Crippen LogP contribution in [0.25, 0.3) is 10.8 Å². The van der Waals surface area contributed by atoms with Crippen molar-refractivity contribution in [3.63, 3.8) is 0 Å². The summed E-state index contributed by atoms with van der Waals surface area (Å²) >= 11 is -0.444. The maximum atomic E-state index is 11.8. The van der Waals surface area contributed by atoms with E-state index in [1.54, 1.807) is 0 Å². The standard InChI is InChI=1S/C13H11F3OS/c14-13(15,16)18-17-8-7-10-5-6-11-3-1-2-4-12(11)9-10/h1-6,9H,7-8H2. The van der Waals surface area contributed by atoms with Crippen LogP contribution in [0.3, 0.4) is 0 Å². The maximum Gasteiger partial charge on any atom is 0.467 e. The lowest BCUT2D eigenvalue weighted by atomic mass is 10.1. The second-order valence-corrected chi connectivity index (χ2v) is 4.65. The number of hydrogen-bond acceptors (Lipinski definition) is 2. The van der Waals surface area contributed by atoms with Gasteiger partial charge in [-0.1, -0.05) is 42.5 Å². The van der Waals surface area contributed by atoms with Crippen LogP contribution in [0.1, 0.15) is 5.56 Å². The van der Waals surface area contributed by atoms with Gasteiger partial charge in [0.1, 0.15) is 12.0 Å². The Morgan fingerprint density at radius 2 is 1.72 bits per heavy atom. The van der Waals surface area contributed by atoms with Crippen LogP contribution in [0.2, 0.25) is 0 Å². The Kier molecular flexibility index (Phi) is 4.14. The van der Waals surface area contributed by atoms with Gasteiger partial charge in [0.15, 0.2) is 0 Å². The zero-order valence-electron chi connectivity index (χ0n) is 9.41. The largest absolute Gasteiger partial charge is 0.467 e. The number of halogens is 3. The van der Waals surface area contributed by atoms with Crippen molar-refractivity contribution in [1.82, 2.24) is 0 Å². The molecule has 18 heavy (non-hydrogen) atoms. The molecule has 2 aromatic carbocycles. The third kappa shape index (κ3) is 3.92. The minimum atomic E-state index is -4.33. The Bertz CT molecular complexity index is 525. The number of hydrogen-bond donors (Lipinski definition) is 0. The van der Waals surface area contributed by atoms with Crippen molar-refractivity contribution in [3.05, 3.63) is 48.0 Å². The van der Waals surface area contributed by atoms with E-state index in [-0.39, 0.29) is 6.61 Å². The summed E-state index contributed by atoms with van der Waals surface area (Å²) in [5.41, 5.74) is -3.36. The molecule has 0 bridgehead atoms. The number of rotatable bonds is 4. The van der Waals surface area contributed by atoms with Crippen LogP contribution < -0.4 is 0 Å². The van der Waals surface area contributed by atoms with Crippen molar-refractivity contribution in [2.75, 3.05) is 6.61 Å². The first kappa shape index (κ1) is 13.2. The molecule has 0 N–H and O–H groups in total. The number of benzene rings is 2. The lowest BCUT2D eigenvalue weighted by Gasteiger charge is -2.06. The van der Waals surface area contributed by atoms with E-state index < -0.39 is 17.6 Å². The molecule has 0 aliphatic carbocycles. The molecule has 2 aromatic rings. The van der Waals surface area contributed by atoms with Crippen LogP contribution >= 0.6 is 12.0 Å². The molecule has 0 radical (unpaired) electrons. The number of alkyl halides is 3. The average Bonchev–Trinajstić information content (AvgIpc) is 2.33. The Morgan fingerprint density at radius 3 is 2.44 bits per heavy atom. The van der Waals surface area contributed by atoms with E-state index in [9.17, 15) is 13.2 Å². The van der Waals surface area contributed by atoms with Gasteiger partial charge in [-0.05, 0) is 22.8 Å². The summed E-state index contributed by atoms with van der Waals surface area (Å²) in [5, 5.41) is 2.20. The molecule has 0 spiro atoms. The van der Waals surface area contributed by atoms with Gasteiger partial charge in [0.05, 0.1) is 6.61 Å². The molecule has 96 valence electrons. The van der Waals surface area contributed by atoms with Crippen molar-refractivity contribution in [2.24, 2.45) is 0 Å². The summed E-state index contributed by atoms with van der Waals surface area (Å²) in [7, 11) is 0. The molecule has 0 unspecified atom stereocenters. The van der Waals surface area contributed by atoms with Gasteiger partial charge < -0.3 is 4.18 Å². The molecule has 0 amide bonds. The van der Waals surface area contributed by atoms with Crippen LogP contribution in [0.4, 0.5) is 13.2 Å². The zero-order chi connectivity index (χ0) is 13.0. The lowest BCUT2D eigenvalue weighted by molar-refractivity contribution is -0.0396. The smallest absolute Gasteiger partial charge is 0.308 e. The van der Waals surface area contributed by atoms with Gasteiger partial charge in [-0.15, -0.1) is 0 Å². The highest BCUT2D eigenvalue weighted by Gasteiger charge is 2.29. The van der Waals surface area contributed by atoms with E-state index >= 15 is 0 Å². The van der Waals surface area contributed by atoms with Crippen LogP contribution in [0.5, 0.6) is 0 Å². The first-order valence-electron chi connectivity index (χ1n) is 5.40. The summed E-state index contributed by atoms with van der Waals surface area (Å²) in [6.07, 6.45) is 0.466. The highest BCUT2D eigenvalue weighted by molar-refractivity contribution is 7.95. The van der Waals surface area contributed by atoms with Crippen LogP contribution in [-0.4, -0.2) is 12.1 Å². The Hall–Kier alpha value is -1.20. The molecule has 0 aromatic heterocycles. The zero-order valence-corrected chi connectivity index (χ0v) is 10.2. The molecule has 1 nitrogen and oxygen atoms in total. The van der Waals surface area contributed by atoms with Gasteiger partial charge in [-0.25, -0.2) is 0 Å². The van der Waals surface area contributed by atoms with Crippen molar-refractivity contribution in [3.8, 4) is 0 Å². The Balaban J connectivity index is 1.92. The molecule has 0 heterocycles. The first-order valence-corrected chi connectivity index (χ1v) is 6.14. The van der Waals surface area contributed by atoms with Gasteiger partial charge in [0, 0.05) is 0 Å². The van der Waals surface area contributed by atoms with Crippen molar-refractivity contribution in [1.29, 1.82) is 0 Å². The second kappa shape index (κ2) is 5.63. The van der Waals surface area contributed by atoms with E-state index in [2.05, 4.69) is 4.18 Å². The fourth-order valence-electron chi connectivity index (χ4n) is 1.66. The third-order valence-electron chi connectivity index (χ3n) is 2.44. The summed E-state index contributed by atoms with van der Waals surface area (Å²) in [6, 6.07) is 13.7. The van der Waals surface area contributed by atoms with Gasteiger partial charge in [0.25, 0.3) is 0 Å².